The van der Waals surface area contributed by atoms with E-state index >= 15 is 0 Å². The molecule has 0 amide bonds. The summed E-state index contributed by atoms with van der Waals surface area (Å²) in [5.74, 6) is 0.00442. The minimum Gasteiger partial charge on any atom is -0.484 e. The molecule has 0 unspecified atom stereocenters. The van der Waals surface area contributed by atoms with Gasteiger partial charge in [-0.05, 0) is 23.8 Å². The zero-order valence-corrected chi connectivity index (χ0v) is 11.8. The van der Waals surface area contributed by atoms with Crippen LogP contribution in [-0.4, -0.2) is 23.2 Å². The van der Waals surface area contributed by atoms with Gasteiger partial charge in [0.25, 0.3) is 0 Å². The fourth-order valence-electron chi connectivity index (χ4n) is 1.87. The quantitative estimate of drug-likeness (QED) is 0.624. The molecule has 2 aromatic rings. The van der Waals surface area contributed by atoms with Crippen LogP contribution in [0.4, 0.5) is 14.5 Å². The third-order valence-electron chi connectivity index (χ3n) is 2.95. The standard InChI is InChI=1S/C15H13F2NO5/c16-15(17)23-11-7-5-10(6-8-11)13(19)9-22-14-4-2-1-3-12(14)18(20)21/h1-8,13,15,19H,9H2/t13-/m1/s1. The Morgan fingerprint density at radius 3 is 2.39 bits per heavy atom. The van der Waals surface area contributed by atoms with Gasteiger partial charge in [-0.15, -0.1) is 0 Å². The molecule has 0 aliphatic heterocycles. The van der Waals surface area contributed by atoms with Crippen LogP contribution in [-0.2, 0) is 0 Å². The van der Waals surface area contributed by atoms with Gasteiger partial charge < -0.3 is 14.6 Å². The highest BCUT2D eigenvalue weighted by atomic mass is 19.3. The largest absolute Gasteiger partial charge is 0.484 e. The topological polar surface area (TPSA) is 81.8 Å². The van der Waals surface area contributed by atoms with Crippen molar-refractivity contribution in [2.75, 3.05) is 6.61 Å². The number of nitro benzene ring substituents is 1. The van der Waals surface area contributed by atoms with Crippen molar-refractivity contribution in [2.45, 2.75) is 12.7 Å². The first-order chi connectivity index (χ1) is 11.0. The van der Waals surface area contributed by atoms with E-state index in [2.05, 4.69) is 4.74 Å². The number of para-hydroxylation sites is 2. The average Bonchev–Trinajstić information content (AvgIpc) is 2.53. The summed E-state index contributed by atoms with van der Waals surface area (Å²) in [6, 6.07) is 11.2. The number of rotatable bonds is 7. The molecular formula is C15H13F2NO5. The molecule has 0 saturated carbocycles. The number of ether oxygens (including phenoxy) is 2. The number of hydrogen-bond acceptors (Lipinski definition) is 5. The summed E-state index contributed by atoms with van der Waals surface area (Å²) in [5.41, 5.74) is 0.200. The van der Waals surface area contributed by atoms with Crippen LogP contribution in [0.3, 0.4) is 0 Å². The number of nitro groups is 1. The van der Waals surface area contributed by atoms with Gasteiger partial charge in [-0.3, -0.25) is 10.1 Å². The van der Waals surface area contributed by atoms with E-state index in [0.29, 0.717) is 5.56 Å². The maximum Gasteiger partial charge on any atom is 0.387 e. The van der Waals surface area contributed by atoms with Gasteiger partial charge >= 0.3 is 12.3 Å². The van der Waals surface area contributed by atoms with E-state index in [9.17, 15) is 24.0 Å². The van der Waals surface area contributed by atoms with Gasteiger partial charge in [-0.25, -0.2) is 0 Å². The number of aliphatic hydroxyl groups excluding tert-OH is 1. The summed E-state index contributed by atoms with van der Waals surface area (Å²) in [6.07, 6.45) is -1.07. The zero-order chi connectivity index (χ0) is 16.8. The van der Waals surface area contributed by atoms with Gasteiger partial charge in [0.2, 0.25) is 0 Å². The number of benzene rings is 2. The van der Waals surface area contributed by atoms with Gasteiger partial charge in [0.1, 0.15) is 18.5 Å². The van der Waals surface area contributed by atoms with E-state index < -0.39 is 17.6 Å². The Morgan fingerprint density at radius 2 is 1.78 bits per heavy atom. The molecule has 0 bridgehead atoms. The maximum atomic E-state index is 12.0. The lowest BCUT2D eigenvalue weighted by Gasteiger charge is -2.13. The van der Waals surface area contributed by atoms with Crippen molar-refractivity contribution in [2.24, 2.45) is 0 Å². The van der Waals surface area contributed by atoms with Crippen LogP contribution < -0.4 is 9.47 Å². The molecule has 0 saturated heterocycles. The number of nitrogens with zero attached hydrogens (tertiary/aromatic N) is 1. The highest BCUT2D eigenvalue weighted by Crippen LogP contribution is 2.27. The van der Waals surface area contributed by atoms with Crippen LogP contribution in [0.2, 0.25) is 0 Å². The van der Waals surface area contributed by atoms with E-state index in [0.717, 1.165) is 0 Å². The lowest BCUT2D eigenvalue weighted by molar-refractivity contribution is -0.385. The molecule has 0 fully saturated rings. The second kappa shape index (κ2) is 7.50. The molecule has 0 heterocycles. The molecule has 2 rings (SSSR count). The highest BCUT2D eigenvalue weighted by molar-refractivity contribution is 5.45. The van der Waals surface area contributed by atoms with Crippen molar-refractivity contribution < 1.29 is 28.3 Å². The Morgan fingerprint density at radius 1 is 1.13 bits per heavy atom. The summed E-state index contributed by atoms with van der Waals surface area (Å²) in [6.45, 7) is -3.15. The van der Waals surface area contributed by atoms with Gasteiger partial charge in [0.05, 0.1) is 4.92 Å². The second-order valence-corrected chi connectivity index (χ2v) is 4.50. The lowest BCUT2D eigenvalue weighted by Crippen LogP contribution is -2.10. The lowest BCUT2D eigenvalue weighted by atomic mass is 10.1. The summed E-state index contributed by atoms with van der Waals surface area (Å²) in [4.78, 5) is 10.3. The van der Waals surface area contributed by atoms with Gasteiger partial charge in [0.15, 0.2) is 5.75 Å². The van der Waals surface area contributed by atoms with Crippen LogP contribution in [0.1, 0.15) is 11.7 Å². The van der Waals surface area contributed by atoms with Gasteiger partial charge in [0, 0.05) is 6.07 Å². The number of aliphatic hydroxyl groups is 1. The van der Waals surface area contributed by atoms with E-state index in [4.69, 9.17) is 4.74 Å². The van der Waals surface area contributed by atoms with Crippen LogP contribution in [0.25, 0.3) is 0 Å². The van der Waals surface area contributed by atoms with Crippen LogP contribution in [0, 0.1) is 10.1 Å². The number of halogens is 2. The third kappa shape index (κ3) is 4.62. The van der Waals surface area contributed by atoms with Crippen LogP contribution in [0.5, 0.6) is 11.5 Å². The summed E-state index contributed by atoms with van der Waals surface area (Å²) >= 11 is 0. The van der Waals surface area contributed by atoms with E-state index in [-0.39, 0.29) is 23.8 Å². The Balaban J connectivity index is 2.00. The van der Waals surface area contributed by atoms with Gasteiger partial charge in [-0.2, -0.15) is 8.78 Å². The molecule has 0 aliphatic carbocycles. The zero-order valence-electron chi connectivity index (χ0n) is 11.8. The average molecular weight is 325 g/mol. The van der Waals surface area contributed by atoms with E-state index in [1.165, 1.54) is 42.5 Å². The fourth-order valence-corrected chi connectivity index (χ4v) is 1.87. The minimum absolute atomic E-state index is 0.0319. The van der Waals surface area contributed by atoms with Crippen molar-refractivity contribution in [3.63, 3.8) is 0 Å². The minimum atomic E-state index is -2.92. The molecule has 0 aliphatic rings. The molecule has 0 spiro atoms. The van der Waals surface area contributed by atoms with Crippen molar-refractivity contribution in [3.05, 3.63) is 64.2 Å². The Hall–Kier alpha value is -2.74. The molecule has 0 aromatic heterocycles. The van der Waals surface area contributed by atoms with Crippen molar-refractivity contribution in [3.8, 4) is 11.5 Å². The molecule has 8 heteroatoms. The first-order valence-electron chi connectivity index (χ1n) is 6.56. The monoisotopic (exact) mass is 325 g/mol. The first-order valence-corrected chi connectivity index (χ1v) is 6.56. The summed E-state index contributed by atoms with van der Waals surface area (Å²) < 4.78 is 33.6. The maximum absolute atomic E-state index is 12.0. The molecule has 1 N–H and O–H groups in total. The van der Waals surface area contributed by atoms with Crippen LogP contribution in [0.15, 0.2) is 48.5 Å². The second-order valence-electron chi connectivity index (χ2n) is 4.50. The van der Waals surface area contributed by atoms with E-state index in [1.54, 1.807) is 6.07 Å². The molecule has 2 aromatic carbocycles. The molecule has 6 nitrogen and oxygen atoms in total. The molecular weight excluding hydrogens is 312 g/mol. The van der Waals surface area contributed by atoms with Crippen molar-refractivity contribution in [1.29, 1.82) is 0 Å². The van der Waals surface area contributed by atoms with Crippen LogP contribution >= 0.6 is 0 Å². The molecule has 23 heavy (non-hydrogen) atoms. The number of alkyl halides is 2. The summed E-state index contributed by atoms with van der Waals surface area (Å²) in [7, 11) is 0. The Labute approximate surface area is 130 Å². The van der Waals surface area contributed by atoms with Crippen molar-refractivity contribution in [1.82, 2.24) is 0 Å². The highest BCUT2D eigenvalue weighted by Gasteiger charge is 2.16. The van der Waals surface area contributed by atoms with E-state index in [1.807, 2.05) is 0 Å². The predicted molar refractivity (Wildman–Crippen MR) is 76.6 cm³/mol. The summed E-state index contributed by atoms with van der Waals surface area (Å²) in [5, 5.41) is 20.9. The predicted octanol–water partition coefficient (Wildman–Crippen LogP) is 3.31. The SMILES string of the molecule is O=[N+]([O-])c1ccccc1OC[C@@H](O)c1ccc(OC(F)F)cc1. The normalized spacial score (nSPS) is 12.0. The Kier molecular flexibility index (Phi) is 5.42. The number of hydrogen-bond donors (Lipinski definition) is 1. The Bertz CT molecular complexity index is 663. The third-order valence-corrected chi connectivity index (χ3v) is 2.95. The van der Waals surface area contributed by atoms with Gasteiger partial charge in [-0.1, -0.05) is 24.3 Å². The van der Waals surface area contributed by atoms with Crippen molar-refractivity contribution >= 4 is 5.69 Å². The molecule has 122 valence electrons. The first kappa shape index (κ1) is 16.6. The molecule has 0 radical (unpaired) electrons. The fraction of sp³-hybridized carbons (Fsp3) is 0.200. The smallest absolute Gasteiger partial charge is 0.387 e. The molecule has 1 atom stereocenters.